The minimum Gasteiger partial charge on any atom is -0.393 e. The number of carbonyl (C=O) groups excluding carboxylic acids is 1. The lowest BCUT2D eigenvalue weighted by Crippen LogP contribution is -2.40. The Hall–Kier alpha value is -0.690. The van der Waals surface area contributed by atoms with Gasteiger partial charge in [-0.3, -0.25) is 4.79 Å². The van der Waals surface area contributed by atoms with Crippen molar-refractivity contribution in [3.05, 3.63) is 0 Å². The maximum atomic E-state index is 12.8. The molecule has 98 valence electrons. The molecule has 7 heteroatoms. The van der Waals surface area contributed by atoms with Gasteiger partial charge in [0.05, 0.1) is 6.10 Å². The van der Waals surface area contributed by atoms with Crippen LogP contribution < -0.4 is 0 Å². The molecule has 0 aromatic rings. The normalized spacial score (nSPS) is 35.3. The number of nitrogens with zero attached hydrogens (tertiary/aromatic N) is 1. The van der Waals surface area contributed by atoms with Gasteiger partial charge in [-0.05, 0) is 25.7 Å². The molecule has 1 aliphatic carbocycles. The number of halogens is 1. The Morgan fingerprint density at radius 2 is 1.82 bits per heavy atom. The number of hydrogen-bond donors (Lipinski definition) is 1. The van der Waals surface area contributed by atoms with Gasteiger partial charge in [-0.1, -0.05) is 0 Å². The first-order valence-electron chi connectivity index (χ1n) is 5.79. The van der Waals surface area contributed by atoms with Crippen molar-refractivity contribution in [2.45, 2.75) is 49.5 Å². The van der Waals surface area contributed by atoms with Crippen LogP contribution in [0.1, 0.15) is 32.1 Å². The third kappa shape index (κ3) is 2.77. The summed E-state index contributed by atoms with van der Waals surface area (Å²) in [6.45, 7) is -0.0432. The van der Waals surface area contributed by atoms with E-state index in [4.69, 9.17) is 0 Å². The van der Waals surface area contributed by atoms with Crippen LogP contribution in [0.5, 0.6) is 0 Å². The maximum Gasteiger partial charge on any atom is 0.307 e. The summed E-state index contributed by atoms with van der Waals surface area (Å²) in [4.78, 5) is 13.1. The third-order valence-corrected chi connectivity index (χ3v) is 4.74. The number of hydrogen-bond acceptors (Lipinski definition) is 4. The van der Waals surface area contributed by atoms with E-state index in [-0.39, 0.29) is 31.0 Å². The van der Waals surface area contributed by atoms with Crippen LogP contribution in [0.4, 0.5) is 3.89 Å². The van der Waals surface area contributed by atoms with Gasteiger partial charge in [-0.15, -0.1) is 3.89 Å². The number of aliphatic hydroxyl groups excluding tert-OH is 1. The van der Waals surface area contributed by atoms with E-state index in [2.05, 4.69) is 0 Å². The molecule has 1 saturated carbocycles. The number of amides is 1. The fourth-order valence-electron chi connectivity index (χ4n) is 2.61. The van der Waals surface area contributed by atoms with Crippen LogP contribution in [0, 0.1) is 0 Å². The smallest absolute Gasteiger partial charge is 0.307 e. The molecule has 0 aromatic carbocycles. The topological polar surface area (TPSA) is 74.7 Å². The van der Waals surface area contributed by atoms with Crippen LogP contribution in [0.3, 0.4) is 0 Å². The van der Waals surface area contributed by atoms with Gasteiger partial charge in [0, 0.05) is 19.0 Å². The number of rotatable bonds is 2. The number of aliphatic hydroxyl groups is 1. The third-order valence-electron chi connectivity index (χ3n) is 3.63. The molecule has 1 unspecified atom stereocenters. The molecule has 1 atom stereocenters. The first-order valence-corrected chi connectivity index (χ1v) is 7.23. The van der Waals surface area contributed by atoms with Crippen molar-refractivity contribution >= 4 is 16.1 Å². The van der Waals surface area contributed by atoms with Crippen molar-refractivity contribution in [3.8, 4) is 0 Å². The summed E-state index contributed by atoms with van der Waals surface area (Å²) >= 11 is 0. The lowest BCUT2D eigenvalue weighted by Gasteiger charge is -2.32. The first kappa shape index (κ1) is 12.8. The quantitative estimate of drug-likeness (QED) is 0.723. The Labute approximate surface area is 99.8 Å². The molecule has 17 heavy (non-hydrogen) atoms. The van der Waals surface area contributed by atoms with Crippen molar-refractivity contribution in [2.24, 2.45) is 0 Å². The van der Waals surface area contributed by atoms with Gasteiger partial charge in [-0.2, -0.15) is 8.42 Å². The first-order chi connectivity index (χ1) is 7.88. The summed E-state index contributed by atoms with van der Waals surface area (Å²) in [5.41, 5.74) is 0. The predicted molar refractivity (Wildman–Crippen MR) is 58.4 cm³/mol. The monoisotopic (exact) mass is 265 g/mol. The highest BCUT2D eigenvalue weighted by Gasteiger charge is 2.41. The summed E-state index contributed by atoms with van der Waals surface area (Å²) in [6.07, 6.45) is 1.96. The predicted octanol–water partition coefficient (Wildman–Crippen LogP) is 0.190. The average molecular weight is 265 g/mol. The van der Waals surface area contributed by atoms with Gasteiger partial charge in [0.15, 0.2) is 0 Å². The second-order valence-electron chi connectivity index (χ2n) is 4.81. The second-order valence-corrected chi connectivity index (χ2v) is 6.43. The lowest BCUT2D eigenvalue weighted by molar-refractivity contribution is -0.130. The summed E-state index contributed by atoms with van der Waals surface area (Å²) < 4.78 is 34.4. The van der Waals surface area contributed by atoms with Crippen molar-refractivity contribution in [1.82, 2.24) is 4.90 Å². The second kappa shape index (κ2) is 4.53. The highest BCUT2D eigenvalue weighted by molar-refractivity contribution is 7.87. The molecule has 0 bridgehead atoms. The standard InChI is InChI=1S/C10H16FNO4S/c11-17(15,16)9-5-10(14)12(6-9)7-1-3-8(13)4-2-7/h7-9,13H,1-6H2. The highest BCUT2D eigenvalue weighted by atomic mass is 32.3. The van der Waals surface area contributed by atoms with Crippen LogP contribution in [0.25, 0.3) is 0 Å². The maximum absolute atomic E-state index is 12.8. The molecular weight excluding hydrogens is 249 g/mol. The molecule has 0 spiro atoms. The van der Waals surface area contributed by atoms with E-state index in [9.17, 15) is 22.2 Å². The highest BCUT2D eigenvalue weighted by Crippen LogP contribution is 2.29. The Morgan fingerprint density at radius 1 is 1.24 bits per heavy atom. The van der Waals surface area contributed by atoms with Gasteiger partial charge < -0.3 is 10.0 Å². The van der Waals surface area contributed by atoms with E-state index >= 15 is 0 Å². The lowest BCUT2D eigenvalue weighted by atomic mass is 9.92. The average Bonchev–Trinajstić information content (AvgIpc) is 2.61. The largest absolute Gasteiger partial charge is 0.393 e. The van der Waals surface area contributed by atoms with Crippen molar-refractivity contribution < 1.29 is 22.2 Å². The van der Waals surface area contributed by atoms with Gasteiger partial charge in [-0.25, -0.2) is 0 Å². The molecule has 1 aliphatic heterocycles. The summed E-state index contributed by atoms with van der Waals surface area (Å²) in [5, 5.41) is 8.15. The Balaban J connectivity index is 2.01. The Kier molecular flexibility index (Phi) is 3.40. The minimum absolute atomic E-state index is 0.0432. The molecule has 1 saturated heterocycles. The molecule has 0 aromatic heterocycles. The van der Waals surface area contributed by atoms with Crippen molar-refractivity contribution in [1.29, 1.82) is 0 Å². The van der Waals surface area contributed by atoms with Crippen molar-refractivity contribution in [2.75, 3.05) is 6.54 Å². The van der Waals surface area contributed by atoms with Gasteiger partial charge in [0.25, 0.3) is 0 Å². The summed E-state index contributed by atoms with van der Waals surface area (Å²) in [7, 11) is -4.63. The van der Waals surface area contributed by atoms with Crippen molar-refractivity contribution in [3.63, 3.8) is 0 Å². The van der Waals surface area contributed by atoms with Crippen LogP contribution >= 0.6 is 0 Å². The number of likely N-dealkylation sites (tertiary alicyclic amines) is 1. The van der Waals surface area contributed by atoms with E-state index < -0.39 is 15.5 Å². The van der Waals surface area contributed by atoms with Crippen LogP contribution in [-0.2, 0) is 15.0 Å². The molecule has 1 amide bonds. The van der Waals surface area contributed by atoms with Crippen LogP contribution in [-0.4, -0.2) is 48.3 Å². The molecule has 1 heterocycles. The molecular formula is C10H16FNO4S. The van der Waals surface area contributed by atoms with E-state index in [1.54, 1.807) is 0 Å². The molecule has 0 radical (unpaired) electrons. The molecule has 2 fully saturated rings. The zero-order chi connectivity index (χ0) is 12.6. The number of carbonyl (C=O) groups is 1. The zero-order valence-electron chi connectivity index (χ0n) is 9.38. The Bertz CT molecular complexity index is 403. The SMILES string of the molecule is O=C1CC(S(=O)(=O)F)CN1C1CCC(O)CC1. The molecule has 5 nitrogen and oxygen atoms in total. The van der Waals surface area contributed by atoms with Gasteiger partial charge in [0.2, 0.25) is 5.91 Å². The zero-order valence-corrected chi connectivity index (χ0v) is 10.2. The molecule has 2 aliphatic rings. The summed E-state index contributed by atoms with van der Waals surface area (Å²) in [6, 6.07) is -0.0438. The van der Waals surface area contributed by atoms with E-state index in [0.717, 1.165) is 0 Å². The van der Waals surface area contributed by atoms with Gasteiger partial charge in [0.1, 0.15) is 5.25 Å². The molecule has 1 N–H and O–H groups in total. The fraction of sp³-hybridized carbons (Fsp3) is 0.900. The Morgan fingerprint density at radius 3 is 2.29 bits per heavy atom. The fourth-order valence-corrected chi connectivity index (χ4v) is 3.29. The van der Waals surface area contributed by atoms with E-state index in [0.29, 0.717) is 25.7 Å². The van der Waals surface area contributed by atoms with E-state index in [1.807, 2.05) is 0 Å². The van der Waals surface area contributed by atoms with Gasteiger partial charge >= 0.3 is 10.2 Å². The van der Waals surface area contributed by atoms with Crippen LogP contribution in [0.2, 0.25) is 0 Å². The van der Waals surface area contributed by atoms with Crippen LogP contribution in [0.15, 0.2) is 0 Å². The minimum atomic E-state index is -4.63. The van der Waals surface area contributed by atoms with E-state index in [1.165, 1.54) is 4.90 Å². The molecule has 2 rings (SSSR count). The summed E-state index contributed by atoms with van der Waals surface area (Å²) in [5.74, 6) is -0.294.